The summed E-state index contributed by atoms with van der Waals surface area (Å²) in [4.78, 5) is 20.5. The predicted molar refractivity (Wildman–Crippen MR) is 80.4 cm³/mol. The van der Waals surface area contributed by atoms with Crippen LogP contribution >= 0.6 is 33.2 Å². The van der Waals surface area contributed by atoms with E-state index in [1.165, 1.54) is 0 Å². The number of hydrogen-bond acceptors (Lipinski definition) is 4. The molecule has 0 N–H and O–H groups in total. The summed E-state index contributed by atoms with van der Waals surface area (Å²) in [7, 11) is 0. The Kier molecular flexibility index (Phi) is 13.3. The van der Waals surface area contributed by atoms with Crippen molar-refractivity contribution < 1.29 is 19.1 Å². The molecular weight excluding hydrogens is 331 g/mol. The van der Waals surface area contributed by atoms with Gasteiger partial charge in [-0.05, 0) is 12.5 Å². The Hall–Kier alpha value is -0.753. The fraction of sp³-hybridized carbons (Fsp3) is 0.273. The summed E-state index contributed by atoms with van der Waals surface area (Å²) in [6, 6.07) is -2.04. The van der Waals surface area contributed by atoms with Crippen molar-refractivity contribution in [3.63, 3.8) is 0 Å². The van der Waals surface area contributed by atoms with E-state index in [0.29, 0.717) is 12.5 Å². The molecule has 0 spiro atoms. The van der Waals surface area contributed by atoms with Gasteiger partial charge in [0.2, 0.25) is 0 Å². The molecule has 0 rings (SSSR count). The minimum absolute atomic E-state index is 0.283. The van der Waals surface area contributed by atoms with Crippen LogP contribution in [0.5, 0.6) is 0 Å². The van der Waals surface area contributed by atoms with Crippen LogP contribution < -0.4 is 0 Å². The molecule has 0 aliphatic rings. The molecule has 0 saturated heterocycles. The first-order valence-corrected chi connectivity index (χ1v) is 10.3. The third kappa shape index (κ3) is 19.8. The molecule has 0 saturated carbocycles. The zero-order valence-electron chi connectivity index (χ0n) is 10.2. The van der Waals surface area contributed by atoms with E-state index in [9.17, 15) is 9.59 Å². The molecule has 108 valence electrons. The summed E-state index contributed by atoms with van der Waals surface area (Å²) in [6.45, 7) is 9.84. The number of carbonyl (C=O) groups is 2. The van der Waals surface area contributed by atoms with Gasteiger partial charge in [0.15, 0.2) is 0 Å². The second-order valence-corrected chi connectivity index (χ2v) is 12.2. The fourth-order valence-electron chi connectivity index (χ4n) is 0.635. The molecule has 0 aromatic heterocycles. The van der Waals surface area contributed by atoms with Crippen molar-refractivity contribution in [3.8, 4) is 0 Å². The van der Waals surface area contributed by atoms with E-state index in [4.69, 9.17) is 33.2 Å². The zero-order valence-corrected chi connectivity index (χ0v) is 13.5. The normalized spacial score (nSPS) is 9.42. The van der Waals surface area contributed by atoms with Crippen molar-refractivity contribution in [3.05, 3.63) is 38.2 Å². The number of rotatable bonds is 7. The average molecular weight is 346 g/mol. The van der Waals surface area contributed by atoms with Gasteiger partial charge in [0, 0.05) is 12.2 Å². The van der Waals surface area contributed by atoms with Crippen LogP contribution in [0.25, 0.3) is 0 Å². The number of esters is 2. The van der Waals surface area contributed by atoms with E-state index in [1.54, 1.807) is 0 Å². The summed E-state index contributed by atoms with van der Waals surface area (Å²) < 4.78 is 8.87. The van der Waals surface area contributed by atoms with E-state index >= 15 is 0 Å². The summed E-state index contributed by atoms with van der Waals surface area (Å²) in [5, 5.41) is 0. The van der Waals surface area contributed by atoms with Gasteiger partial charge in [-0.25, -0.2) is 9.59 Å². The zero-order chi connectivity index (χ0) is 15.3. The smallest absolute Gasteiger partial charge is 0.341 e. The minimum Gasteiger partial charge on any atom is -0.463 e. The van der Waals surface area contributed by atoms with Crippen LogP contribution in [0.4, 0.5) is 0 Å². The first kappa shape index (κ1) is 20.6. The lowest BCUT2D eigenvalue weighted by molar-refractivity contribution is -0.137. The molecule has 0 aliphatic heterocycles. The van der Waals surface area contributed by atoms with Gasteiger partial charge in [0.25, 0.3) is 0 Å². The molecular formula is C11H15Cl3O4Si. The molecule has 8 heteroatoms. The SMILES string of the molecule is C=CC(=O)OCCC[Si](Cl)(Cl)Cl.C=COC(=O)C=C. The molecule has 4 nitrogen and oxygen atoms in total. The Morgan fingerprint density at radius 1 is 1.05 bits per heavy atom. The number of halogens is 3. The fourth-order valence-corrected chi connectivity index (χ4v) is 2.38. The van der Waals surface area contributed by atoms with Crippen molar-refractivity contribution in [2.75, 3.05) is 6.61 Å². The molecule has 0 amide bonds. The lowest BCUT2D eigenvalue weighted by Gasteiger charge is -2.06. The molecule has 0 radical (unpaired) electrons. The molecule has 0 unspecified atom stereocenters. The molecule has 0 aliphatic carbocycles. The van der Waals surface area contributed by atoms with E-state index in [-0.39, 0.29) is 6.61 Å². The summed E-state index contributed by atoms with van der Waals surface area (Å²) in [6.07, 6.45) is 3.82. The summed E-state index contributed by atoms with van der Waals surface area (Å²) in [5.41, 5.74) is 0. The summed E-state index contributed by atoms with van der Waals surface area (Å²) in [5.74, 6) is -0.920. The maximum atomic E-state index is 10.5. The lowest BCUT2D eigenvalue weighted by atomic mass is 10.5. The van der Waals surface area contributed by atoms with Crippen LogP contribution in [0, 0.1) is 0 Å². The largest absolute Gasteiger partial charge is 0.463 e. The van der Waals surface area contributed by atoms with Gasteiger partial charge in [-0.2, -0.15) is 0 Å². The molecule has 19 heavy (non-hydrogen) atoms. The van der Waals surface area contributed by atoms with Crippen LogP contribution in [0.3, 0.4) is 0 Å². The van der Waals surface area contributed by atoms with Crippen molar-refractivity contribution in [1.29, 1.82) is 0 Å². The first-order valence-electron chi connectivity index (χ1n) is 5.06. The monoisotopic (exact) mass is 344 g/mol. The van der Waals surface area contributed by atoms with Crippen LogP contribution in [0.1, 0.15) is 6.42 Å². The number of hydrogen-bond donors (Lipinski definition) is 0. The molecule has 0 bridgehead atoms. The minimum atomic E-state index is -2.54. The van der Waals surface area contributed by atoms with Crippen molar-refractivity contribution in [1.82, 2.24) is 0 Å². The van der Waals surface area contributed by atoms with Gasteiger partial charge < -0.3 is 9.47 Å². The third-order valence-electron chi connectivity index (χ3n) is 1.38. The maximum absolute atomic E-state index is 10.5. The van der Waals surface area contributed by atoms with Crippen LogP contribution in [0.15, 0.2) is 38.2 Å². The lowest BCUT2D eigenvalue weighted by Crippen LogP contribution is -2.11. The highest BCUT2D eigenvalue weighted by Gasteiger charge is 2.23. The molecule has 0 aromatic carbocycles. The summed E-state index contributed by atoms with van der Waals surface area (Å²) >= 11 is 16.8. The third-order valence-corrected chi connectivity index (χ3v) is 4.00. The molecule has 0 aromatic rings. The van der Waals surface area contributed by atoms with Gasteiger partial charge in [-0.3, -0.25) is 0 Å². The van der Waals surface area contributed by atoms with Crippen LogP contribution in [-0.4, -0.2) is 24.5 Å². The van der Waals surface area contributed by atoms with Crippen LogP contribution in [-0.2, 0) is 19.1 Å². The van der Waals surface area contributed by atoms with Crippen LogP contribution in [0.2, 0.25) is 6.04 Å². The molecule has 0 heterocycles. The van der Waals surface area contributed by atoms with E-state index in [0.717, 1.165) is 18.4 Å². The van der Waals surface area contributed by atoms with Gasteiger partial charge >= 0.3 is 17.9 Å². The highest BCUT2D eigenvalue weighted by Crippen LogP contribution is 2.26. The predicted octanol–water partition coefficient (Wildman–Crippen LogP) is 3.62. The highest BCUT2D eigenvalue weighted by molar-refractivity contribution is 7.64. The Balaban J connectivity index is 0. The maximum Gasteiger partial charge on any atom is 0.341 e. The van der Waals surface area contributed by atoms with E-state index < -0.39 is 17.9 Å². The Morgan fingerprint density at radius 3 is 1.89 bits per heavy atom. The topological polar surface area (TPSA) is 52.6 Å². The number of ether oxygens (including phenoxy) is 2. The molecule has 0 atom stereocenters. The highest BCUT2D eigenvalue weighted by atomic mass is 35.8. The van der Waals surface area contributed by atoms with Gasteiger partial charge in [-0.1, -0.05) is 19.7 Å². The number of carbonyl (C=O) groups excluding carboxylic acids is 2. The van der Waals surface area contributed by atoms with E-state index in [1.807, 2.05) is 0 Å². The van der Waals surface area contributed by atoms with Gasteiger partial charge in [-0.15, -0.1) is 33.2 Å². The second kappa shape index (κ2) is 12.3. The van der Waals surface area contributed by atoms with Gasteiger partial charge in [0.05, 0.1) is 12.9 Å². The van der Waals surface area contributed by atoms with Gasteiger partial charge in [0.1, 0.15) is 0 Å². The Bertz CT molecular complexity index is 326. The first-order chi connectivity index (χ1) is 8.76. The van der Waals surface area contributed by atoms with Crippen molar-refractivity contribution in [2.24, 2.45) is 0 Å². The average Bonchev–Trinajstić information content (AvgIpc) is 2.34. The van der Waals surface area contributed by atoms with E-state index in [2.05, 4.69) is 29.2 Å². The van der Waals surface area contributed by atoms with Crippen molar-refractivity contribution in [2.45, 2.75) is 12.5 Å². The molecule has 0 fully saturated rings. The Morgan fingerprint density at radius 2 is 1.58 bits per heavy atom. The standard InChI is InChI=1S/C6H9Cl3O2Si.C5H6O2/c1-2-6(10)11-4-3-5-12(7,8)9;1-3-5(6)7-4-2/h2H,1,3-5H2;3-4H,1-2H2. The second-order valence-electron chi connectivity index (χ2n) is 2.90. The van der Waals surface area contributed by atoms with Crippen molar-refractivity contribution >= 4 is 51.2 Å². The quantitative estimate of drug-likeness (QED) is 0.177. The Labute approximate surface area is 127 Å².